The third kappa shape index (κ3) is 5.50. The number of carbonyl (C=O) groups is 1. The second-order valence-corrected chi connectivity index (χ2v) is 11.1. The van der Waals surface area contributed by atoms with Gasteiger partial charge in [-0.15, -0.1) is 5.10 Å². The lowest BCUT2D eigenvalue weighted by atomic mass is 10.2. The highest BCUT2D eigenvalue weighted by Gasteiger charge is 2.24. The van der Waals surface area contributed by atoms with Crippen LogP contribution in [0.5, 0.6) is 0 Å². The van der Waals surface area contributed by atoms with E-state index in [1.54, 1.807) is 6.92 Å². The van der Waals surface area contributed by atoms with Crippen LogP contribution in [-0.2, 0) is 26.1 Å². The summed E-state index contributed by atoms with van der Waals surface area (Å²) in [6.07, 6.45) is 1.77. The summed E-state index contributed by atoms with van der Waals surface area (Å²) in [5, 5.41) is 8.95. The first kappa shape index (κ1) is 23.8. The standard InChI is InChI=1S/C18H24ClN5O5S2/c1-11(30-18-22-21-17(26)24(18)10-13-5-4-8-29-13)16(25)20-12-6-7-14(19)15(9-12)31(27,28)23(2)3/h6-7,9,11,13H,4-5,8,10H2,1-3H3,(H,20,25)(H,21,26). The molecule has 1 aromatic carbocycles. The Morgan fingerprint density at radius 1 is 1.48 bits per heavy atom. The molecule has 2 atom stereocenters. The highest BCUT2D eigenvalue weighted by atomic mass is 35.5. The number of halogens is 1. The molecule has 0 bridgehead atoms. The number of ether oxygens (including phenoxy) is 1. The number of carbonyl (C=O) groups excluding carboxylic acids is 1. The number of nitrogens with zero attached hydrogens (tertiary/aromatic N) is 3. The van der Waals surface area contributed by atoms with E-state index in [1.165, 1.54) is 36.9 Å². The van der Waals surface area contributed by atoms with E-state index in [4.69, 9.17) is 16.3 Å². The van der Waals surface area contributed by atoms with Crippen LogP contribution in [0.4, 0.5) is 5.69 Å². The molecule has 3 rings (SSSR count). The second kappa shape index (κ2) is 9.74. The molecule has 2 N–H and O–H groups in total. The van der Waals surface area contributed by atoms with E-state index in [1.807, 2.05) is 0 Å². The second-order valence-electron chi connectivity index (χ2n) is 7.24. The number of aromatic nitrogens is 3. The molecule has 0 radical (unpaired) electrons. The monoisotopic (exact) mass is 489 g/mol. The van der Waals surface area contributed by atoms with E-state index in [0.29, 0.717) is 24.0 Å². The van der Waals surface area contributed by atoms with Gasteiger partial charge in [0.15, 0.2) is 5.16 Å². The third-order valence-electron chi connectivity index (χ3n) is 4.74. The number of hydrogen-bond donors (Lipinski definition) is 2. The van der Waals surface area contributed by atoms with Crippen molar-refractivity contribution >= 4 is 45.0 Å². The lowest BCUT2D eigenvalue weighted by Gasteiger charge is -2.16. The number of thioether (sulfide) groups is 1. The Bertz CT molecular complexity index is 1110. The Morgan fingerprint density at radius 2 is 2.23 bits per heavy atom. The number of hydrogen-bond acceptors (Lipinski definition) is 7. The third-order valence-corrected chi connectivity index (χ3v) is 8.13. The van der Waals surface area contributed by atoms with Crippen molar-refractivity contribution in [3.8, 4) is 0 Å². The van der Waals surface area contributed by atoms with Crippen molar-refractivity contribution in [3.05, 3.63) is 33.7 Å². The average molecular weight is 490 g/mol. The van der Waals surface area contributed by atoms with E-state index in [0.717, 1.165) is 28.9 Å². The minimum Gasteiger partial charge on any atom is -0.376 e. The SMILES string of the molecule is CC(Sc1n[nH]c(=O)n1CC1CCCO1)C(=O)Nc1ccc(Cl)c(S(=O)(=O)N(C)C)c1. The highest BCUT2D eigenvalue weighted by molar-refractivity contribution is 8.00. The van der Waals surface area contributed by atoms with Crippen LogP contribution in [0.15, 0.2) is 33.0 Å². The zero-order valence-electron chi connectivity index (χ0n) is 17.3. The van der Waals surface area contributed by atoms with Crippen LogP contribution in [0, 0.1) is 0 Å². The Kier molecular flexibility index (Phi) is 7.47. The number of amides is 1. The van der Waals surface area contributed by atoms with Crippen molar-refractivity contribution in [2.45, 2.75) is 47.7 Å². The fraction of sp³-hybridized carbons (Fsp3) is 0.500. The molecule has 2 aromatic rings. The smallest absolute Gasteiger partial charge is 0.344 e. The van der Waals surface area contributed by atoms with E-state index >= 15 is 0 Å². The molecule has 0 saturated carbocycles. The van der Waals surface area contributed by atoms with Gasteiger partial charge in [-0.25, -0.2) is 22.6 Å². The first-order valence-electron chi connectivity index (χ1n) is 9.56. The molecule has 1 fully saturated rings. The molecule has 1 saturated heterocycles. The van der Waals surface area contributed by atoms with Crippen LogP contribution in [0.1, 0.15) is 19.8 Å². The number of nitrogens with one attached hydrogen (secondary N) is 2. The Balaban J connectivity index is 1.71. The molecule has 0 spiro atoms. The Morgan fingerprint density at radius 3 is 2.87 bits per heavy atom. The number of H-pyrrole nitrogens is 1. The lowest BCUT2D eigenvalue weighted by molar-refractivity contribution is -0.115. The van der Waals surface area contributed by atoms with Gasteiger partial charge < -0.3 is 10.1 Å². The maximum absolute atomic E-state index is 12.7. The predicted octanol–water partition coefficient (Wildman–Crippen LogP) is 1.77. The number of benzene rings is 1. The predicted molar refractivity (Wildman–Crippen MR) is 118 cm³/mol. The first-order chi connectivity index (χ1) is 14.6. The van der Waals surface area contributed by atoms with Gasteiger partial charge in [0.05, 0.1) is 22.9 Å². The fourth-order valence-electron chi connectivity index (χ4n) is 2.98. The van der Waals surface area contributed by atoms with Gasteiger partial charge in [0.25, 0.3) is 0 Å². The van der Waals surface area contributed by atoms with Crippen molar-refractivity contribution in [2.75, 3.05) is 26.0 Å². The minimum atomic E-state index is -3.77. The lowest BCUT2D eigenvalue weighted by Crippen LogP contribution is -2.27. The summed E-state index contributed by atoms with van der Waals surface area (Å²) < 4.78 is 32.9. The van der Waals surface area contributed by atoms with Gasteiger partial charge in [0.2, 0.25) is 15.9 Å². The van der Waals surface area contributed by atoms with Gasteiger partial charge >= 0.3 is 5.69 Å². The molecule has 170 valence electrons. The highest BCUT2D eigenvalue weighted by Crippen LogP contribution is 2.28. The van der Waals surface area contributed by atoms with Crippen LogP contribution in [0.2, 0.25) is 5.02 Å². The van der Waals surface area contributed by atoms with Crippen molar-refractivity contribution in [2.24, 2.45) is 0 Å². The van der Waals surface area contributed by atoms with Crippen molar-refractivity contribution in [3.63, 3.8) is 0 Å². The molecule has 1 amide bonds. The van der Waals surface area contributed by atoms with Gasteiger partial charge in [0.1, 0.15) is 4.90 Å². The Hall–Kier alpha value is -1.86. The van der Waals surface area contributed by atoms with Gasteiger partial charge in [-0.05, 0) is 38.0 Å². The first-order valence-corrected chi connectivity index (χ1v) is 12.3. The molecule has 2 unspecified atom stereocenters. The number of sulfonamides is 1. The van der Waals surface area contributed by atoms with Gasteiger partial charge in [-0.3, -0.25) is 9.36 Å². The summed E-state index contributed by atoms with van der Waals surface area (Å²) in [6, 6.07) is 4.25. The fourth-order valence-corrected chi connectivity index (χ4v) is 5.24. The van der Waals surface area contributed by atoms with E-state index in [9.17, 15) is 18.0 Å². The molecule has 10 nitrogen and oxygen atoms in total. The minimum absolute atomic E-state index is 0.0510. The molecule has 2 heterocycles. The van der Waals surface area contributed by atoms with Crippen LogP contribution < -0.4 is 11.0 Å². The van der Waals surface area contributed by atoms with Gasteiger partial charge in [0, 0.05) is 26.4 Å². The number of rotatable bonds is 8. The summed E-state index contributed by atoms with van der Waals surface area (Å²) >= 11 is 7.16. The summed E-state index contributed by atoms with van der Waals surface area (Å²) in [7, 11) is -0.971. The van der Waals surface area contributed by atoms with Gasteiger partial charge in [-0.1, -0.05) is 23.4 Å². The molecule has 1 aromatic heterocycles. The molecule has 1 aliphatic heterocycles. The van der Waals surface area contributed by atoms with Crippen molar-refractivity contribution in [1.29, 1.82) is 0 Å². The van der Waals surface area contributed by atoms with E-state index in [2.05, 4.69) is 15.5 Å². The van der Waals surface area contributed by atoms with Crippen LogP contribution in [0.25, 0.3) is 0 Å². The zero-order valence-corrected chi connectivity index (χ0v) is 19.7. The molecule has 1 aliphatic rings. The number of aromatic amines is 1. The molecule has 31 heavy (non-hydrogen) atoms. The maximum Gasteiger partial charge on any atom is 0.344 e. The largest absolute Gasteiger partial charge is 0.376 e. The topological polar surface area (TPSA) is 126 Å². The van der Waals surface area contributed by atoms with Gasteiger partial charge in [-0.2, -0.15) is 0 Å². The molecule has 13 heteroatoms. The summed E-state index contributed by atoms with van der Waals surface area (Å²) in [5.74, 6) is -0.375. The quantitative estimate of drug-likeness (QED) is 0.541. The molecule has 0 aliphatic carbocycles. The zero-order chi connectivity index (χ0) is 22.8. The summed E-state index contributed by atoms with van der Waals surface area (Å²) in [4.78, 5) is 24.7. The summed E-state index contributed by atoms with van der Waals surface area (Å²) in [5.41, 5.74) is -0.0668. The van der Waals surface area contributed by atoms with Crippen LogP contribution >= 0.6 is 23.4 Å². The normalized spacial score (nSPS) is 17.8. The number of anilines is 1. The van der Waals surface area contributed by atoms with Crippen LogP contribution in [-0.4, -0.2) is 65.5 Å². The summed E-state index contributed by atoms with van der Waals surface area (Å²) in [6.45, 7) is 2.71. The van der Waals surface area contributed by atoms with Crippen LogP contribution in [0.3, 0.4) is 0 Å². The molecular formula is C18H24ClN5O5S2. The van der Waals surface area contributed by atoms with E-state index in [-0.39, 0.29) is 27.6 Å². The Labute approximate surface area is 189 Å². The van der Waals surface area contributed by atoms with Crippen molar-refractivity contribution in [1.82, 2.24) is 19.1 Å². The maximum atomic E-state index is 12.7. The van der Waals surface area contributed by atoms with Crippen molar-refractivity contribution < 1.29 is 17.9 Å². The average Bonchev–Trinajstić information content (AvgIpc) is 3.34. The van der Waals surface area contributed by atoms with E-state index < -0.39 is 15.3 Å². The molecular weight excluding hydrogens is 466 g/mol.